The number of hydrogen-bond donors (Lipinski definition) is 1. The van der Waals surface area contributed by atoms with E-state index in [9.17, 15) is 4.79 Å². The third kappa shape index (κ3) is 2.99. The Kier molecular flexibility index (Phi) is 3.70. The molecular formula is C15H16ClNOS. The van der Waals surface area contributed by atoms with E-state index in [2.05, 4.69) is 20.8 Å². The lowest BCUT2D eigenvalue weighted by Gasteiger charge is -2.15. The Balaban J connectivity index is 2.39. The molecule has 0 radical (unpaired) electrons. The van der Waals surface area contributed by atoms with Gasteiger partial charge >= 0.3 is 0 Å². The van der Waals surface area contributed by atoms with Gasteiger partial charge in [0.15, 0.2) is 0 Å². The van der Waals surface area contributed by atoms with Crippen LogP contribution in [0, 0.1) is 0 Å². The largest absolute Gasteiger partial charge is 0.399 e. The molecule has 0 amide bonds. The lowest BCUT2D eigenvalue weighted by atomic mass is 9.95. The lowest BCUT2D eigenvalue weighted by molar-refractivity contribution is 0.104. The number of thiophene rings is 1. The number of hydrogen-bond acceptors (Lipinski definition) is 3. The number of anilines is 1. The summed E-state index contributed by atoms with van der Waals surface area (Å²) in [5.74, 6) is -0.0715. The third-order valence-corrected chi connectivity index (χ3v) is 4.64. The van der Waals surface area contributed by atoms with Crippen molar-refractivity contribution in [1.29, 1.82) is 0 Å². The monoisotopic (exact) mass is 293 g/mol. The summed E-state index contributed by atoms with van der Waals surface area (Å²) in [6.07, 6.45) is 0. The van der Waals surface area contributed by atoms with Crippen molar-refractivity contribution in [3.63, 3.8) is 0 Å². The molecule has 4 heteroatoms. The molecule has 0 fully saturated rings. The summed E-state index contributed by atoms with van der Waals surface area (Å²) in [4.78, 5) is 14.3. The SMILES string of the molecule is CC(C)(C)c1ccc(C(=O)c2cc(N)ccc2Cl)s1. The van der Waals surface area contributed by atoms with Gasteiger partial charge in [-0.3, -0.25) is 4.79 Å². The molecule has 0 saturated carbocycles. The van der Waals surface area contributed by atoms with Crippen molar-refractivity contribution in [3.05, 3.63) is 50.7 Å². The fourth-order valence-electron chi connectivity index (χ4n) is 1.71. The quantitative estimate of drug-likeness (QED) is 0.654. The molecule has 0 unspecified atom stereocenters. The minimum Gasteiger partial charge on any atom is -0.399 e. The van der Waals surface area contributed by atoms with Crippen LogP contribution in [0.25, 0.3) is 0 Å². The highest BCUT2D eigenvalue weighted by Gasteiger charge is 2.20. The third-order valence-electron chi connectivity index (χ3n) is 2.80. The zero-order valence-electron chi connectivity index (χ0n) is 11.2. The molecule has 1 aromatic heterocycles. The summed E-state index contributed by atoms with van der Waals surface area (Å²) >= 11 is 7.57. The van der Waals surface area contributed by atoms with E-state index in [0.717, 1.165) is 0 Å². The van der Waals surface area contributed by atoms with Crippen molar-refractivity contribution >= 4 is 34.4 Å². The molecule has 1 heterocycles. The van der Waals surface area contributed by atoms with Crippen LogP contribution in [0.4, 0.5) is 5.69 Å². The minimum atomic E-state index is -0.0715. The predicted octanol–water partition coefficient (Wildman–Crippen LogP) is 4.51. The summed E-state index contributed by atoms with van der Waals surface area (Å²) in [6.45, 7) is 6.38. The topological polar surface area (TPSA) is 43.1 Å². The predicted molar refractivity (Wildman–Crippen MR) is 82.3 cm³/mol. The van der Waals surface area contributed by atoms with Gasteiger partial charge in [-0.15, -0.1) is 11.3 Å². The van der Waals surface area contributed by atoms with Crippen LogP contribution in [-0.4, -0.2) is 5.78 Å². The molecule has 1 aromatic carbocycles. The molecule has 0 aliphatic carbocycles. The standard InChI is InChI=1S/C15H16ClNOS/c1-15(2,3)13-7-6-12(19-13)14(18)10-8-9(17)4-5-11(10)16/h4-8H,17H2,1-3H3. The van der Waals surface area contributed by atoms with Crippen molar-refractivity contribution in [2.45, 2.75) is 26.2 Å². The van der Waals surface area contributed by atoms with Crippen LogP contribution in [0.2, 0.25) is 5.02 Å². The Morgan fingerprint density at radius 2 is 1.89 bits per heavy atom. The molecule has 2 nitrogen and oxygen atoms in total. The molecule has 0 atom stereocenters. The fraction of sp³-hybridized carbons (Fsp3) is 0.267. The van der Waals surface area contributed by atoms with E-state index in [1.807, 2.05) is 12.1 Å². The average molecular weight is 294 g/mol. The first-order chi connectivity index (χ1) is 8.79. The van der Waals surface area contributed by atoms with Gasteiger partial charge < -0.3 is 5.73 Å². The van der Waals surface area contributed by atoms with Gasteiger partial charge in [0.1, 0.15) is 0 Å². The molecular weight excluding hydrogens is 278 g/mol. The Bertz CT molecular complexity index is 625. The van der Waals surface area contributed by atoms with Gasteiger partial charge in [0.05, 0.1) is 9.90 Å². The molecule has 2 rings (SSSR count). The second kappa shape index (κ2) is 4.99. The maximum absolute atomic E-state index is 12.4. The van der Waals surface area contributed by atoms with Crippen LogP contribution in [0.3, 0.4) is 0 Å². The fourth-order valence-corrected chi connectivity index (χ4v) is 2.93. The highest BCUT2D eigenvalue weighted by atomic mass is 35.5. The molecule has 2 N–H and O–H groups in total. The molecule has 100 valence electrons. The van der Waals surface area contributed by atoms with Crippen LogP contribution >= 0.6 is 22.9 Å². The second-order valence-corrected chi connectivity index (χ2v) is 6.97. The van der Waals surface area contributed by atoms with Gasteiger partial charge in [0, 0.05) is 16.1 Å². The molecule has 19 heavy (non-hydrogen) atoms. The smallest absolute Gasteiger partial charge is 0.204 e. The van der Waals surface area contributed by atoms with E-state index < -0.39 is 0 Å². The average Bonchev–Trinajstić information content (AvgIpc) is 2.80. The molecule has 0 spiro atoms. The van der Waals surface area contributed by atoms with E-state index >= 15 is 0 Å². The Morgan fingerprint density at radius 1 is 1.21 bits per heavy atom. The van der Waals surface area contributed by atoms with Crippen molar-refractivity contribution < 1.29 is 4.79 Å². The van der Waals surface area contributed by atoms with E-state index in [4.69, 9.17) is 17.3 Å². The number of carbonyl (C=O) groups excluding carboxylic acids is 1. The van der Waals surface area contributed by atoms with Crippen molar-refractivity contribution in [1.82, 2.24) is 0 Å². The number of rotatable bonds is 2. The van der Waals surface area contributed by atoms with Gasteiger partial charge in [0.25, 0.3) is 0 Å². The van der Waals surface area contributed by atoms with Gasteiger partial charge in [-0.2, -0.15) is 0 Å². The Labute approximate surface area is 122 Å². The minimum absolute atomic E-state index is 0.0444. The first kappa shape index (κ1) is 14.1. The molecule has 0 bridgehead atoms. The van der Waals surface area contributed by atoms with Crippen LogP contribution in [0.1, 0.15) is 40.9 Å². The van der Waals surface area contributed by atoms with E-state index in [1.54, 1.807) is 18.2 Å². The first-order valence-corrected chi connectivity index (χ1v) is 7.18. The molecule has 0 aliphatic heterocycles. The van der Waals surface area contributed by atoms with Gasteiger partial charge in [-0.25, -0.2) is 0 Å². The lowest BCUT2D eigenvalue weighted by Crippen LogP contribution is -2.08. The zero-order valence-corrected chi connectivity index (χ0v) is 12.7. The maximum Gasteiger partial charge on any atom is 0.204 e. The number of benzene rings is 1. The van der Waals surface area contributed by atoms with Crippen LogP contribution in [0.5, 0.6) is 0 Å². The molecule has 0 aliphatic rings. The normalized spacial score (nSPS) is 11.6. The molecule has 2 aromatic rings. The zero-order chi connectivity index (χ0) is 14.2. The first-order valence-electron chi connectivity index (χ1n) is 5.99. The van der Waals surface area contributed by atoms with Crippen molar-refractivity contribution in [2.24, 2.45) is 0 Å². The highest BCUT2D eigenvalue weighted by Crippen LogP contribution is 2.31. The highest BCUT2D eigenvalue weighted by molar-refractivity contribution is 7.14. The number of carbonyl (C=O) groups is 1. The van der Waals surface area contributed by atoms with Gasteiger partial charge in [0.2, 0.25) is 5.78 Å². The summed E-state index contributed by atoms with van der Waals surface area (Å²) in [6, 6.07) is 8.82. The summed E-state index contributed by atoms with van der Waals surface area (Å²) in [7, 11) is 0. The summed E-state index contributed by atoms with van der Waals surface area (Å²) in [5.41, 5.74) is 6.76. The van der Waals surface area contributed by atoms with Gasteiger partial charge in [-0.05, 0) is 35.7 Å². The Morgan fingerprint density at radius 3 is 2.47 bits per heavy atom. The van der Waals surface area contributed by atoms with Crippen LogP contribution in [0.15, 0.2) is 30.3 Å². The van der Waals surface area contributed by atoms with Crippen molar-refractivity contribution in [2.75, 3.05) is 5.73 Å². The Hall–Kier alpha value is -1.32. The molecule has 0 saturated heterocycles. The van der Waals surface area contributed by atoms with Crippen LogP contribution in [-0.2, 0) is 5.41 Å². The summed E-state index contributed by atoms with van der Waals surface area (Å²) in [5, 5.41) is 0.435. The van der Waals surface area contributed by atoms with E-state index in [1.165, 1.54) is 16.2 Å². The van der Waals surface area contributed by atoms with E-state index in [-0.39, 0.29) is 11.2 Å². The second-order valence-electron chi connectivity index (χ2n) is 5.48. The van der Waals surface area contributed by atoms with E-state index in [0.29, 0.717) is 21.2 Å². The maximum atomic E-state index is 12.4. The summed E-state index contributed by atoms with van der Waals surface area (Å²) < 4.78 is 0. The number of halogens is 1. The number of nitrogens with two attached hydrogens (primary N) is 1. The van der Waals surface area contributed by atoms with Crippen LogP contribution < -0.4 is 5.73 Å². The van der Waals surface area contributed by atoms with Gasteiger partial charge in [-0.1, -0.05) is 32.4 Å². The number of nitrogen functional groups attached to an aromatic ring is 1. The van der Waals surface area contributed by atoms with Crippen molar-refractivity contribution in [3.8, 4) is 0 Å². The number of ketones is 1.